The van der Waals surface area contributed by atoms with Crippen LogP contribution in [0.3, 0.4) is 0 Å². The number of carbonyl (C=O) groups is 1. The Morgan fingerprint density at radius 2 is 2.22 bits per heavy atom. The van der Waals surface area contributed by atoms with Crippen LogP contribution in [0.4, 0.5) is 10.6 Å². The predicted octanol–water partition coefficient (Wildman–Crippen LogP) is 2.97. The summed E-state index contributed by atoms with van der Waals surface area (Å²) >= 11 is 9.41. The first-order chi connectivity index (χ1) is 11.0. The minimum atomic E-state index is -1.01. The zero-order valence-corrected chi connectivity index (χ0v) is 15.0. The van der Waals surface area contributed by atoms with Gasteiger partial charge < -0.3 is 10.0 Å². The van der Waals surface area contributed by atoms with Crippen molar-refractivity contribution in [2.45, 2.75) is 12.8 Å². The van der Waals surface area contributed by atoms with Gasteiger partial charge in [0.25, 0.3) is 0 Å². The quantitative estimate of drug-likeness (QED) is 0.799. The molecule has 2 aromatic heterocycles. The number of anilines is 1. The van der Waals surface area contributed by atoms with E-state index in [0.29, 0.717) is 28.4 Å². The summed E-state index contributed by atoms with van der Waals surface area (Å²) in [5, 5.41) is 14.1. The van der Waals surface area contributed by atoms with Gasteiger partial charge in [-0.15, -0.1) is 0 Å². The van der Waals surface area contributed by atoms with Crippen LogP contribution in [0.5, 0.6) is 0 Å². The summed E-state index contributed by atoms with van der Waals surface area (Å²) in [6, 6.07) is 1.54. The van der Waals surface area contributed by atoms with Crippen LogP contribution in [0.2, 0.25) is 5.15 Å². The Kier molecular flexibility index (Phi) is 4.74. The van der Waals surface area contributed by atoms with E-state index in [1.807, 2.05) is 0 Å². The van der Waals surface area contributed by atoms with E-state index < -0.39 is 6.09 Å². The number of carboxylic acid groups (broad SMARTS) is 1. The highest BCUT2D eigenvalue weighted by Crippen LogP contribution is 2.27. The SMILES string of the molecule is CN1CCC(CN(C(=O)O)c2cc(Cl)nc3c(Br)cnn23)CC1. The molecule has 9 heteroatoms. The highest BCUT2D eigenvalue weighted by Gasteiger charge is 2.26. The zero-order chi connectivity index (χ0) is 16.6. The minimum Gasteiger partial charge on any atom is -0.465 e. The monoisotopic (exact) mass is 401 g/mol. The molecule has 1 aliphatic rings. The standard InChI is InChI=1S/C14H17BrClN5O2/c1-19-4-2-9(3-5-19)8-20(14(22)23)12-6-11(16)18-13-10(15)7-17-21(12)13/h6-7,9H,2-5,8H2,1H3,(H,22,23). The van der Waals surface area contributed by atoms with Crippen LogP contribution in [0.1, 0.15) is 12.8 Å². The fourth-order valence-corrected chi connectivity index (χ4v) is 3.38. The number of likely N-dealkylation sites (tertiary alicyclic amines) is 1. The summed E-state index contributed by atoms with van der Waals surface area (Å²) in [7, 11) is 2.08. The Morgan fingerprint density at radius 1 is 1.52 bits per heavy atom. The number of nitrogens with zero attached hydrogens (tertiary/aromatic N) is 5. The second kappa shape index (κ2) is 6.62. The Bertz CT molecular complexity index is 729. The average Bonchev–Trinajstić information content (AvgIpc) is 2.87. The Labute approximate surface area is 147 Å². The highest BCUT2D eigenvalue weighted by atomic mass is 79.9. The summed E-state index contributed by atoms with van der Waals surface area (Å²) in [4.78, 5) is 19.6. The van der Waals surface area contributed by atoms with E-state index in [1.54, 1.807) is 6.20 Å². The third-order valence-corrected chi connectivity index (χ3v) is 4.92. The van der Waals surface area contributed by atoms with Crippen molar-refractivity contribution in [3.05, 3.63) is 21.9 Å². The number of rotatable bonds is 3. The minimum absolute atomic E-state index is 0.239. The van der Waals surface area contributed by atoms with Crippen molar-refractivity contribution < 1.29 is 9.90 Å². The topological polar surface area (TPSA) is 74.0 Å². The molecule has 0 unspecified atom stereocenters. The second-order valence-corrected chi connectivity index (χ2v) is 7.05. The lowest BCUT2D eigenvalue weighted by atomic mass is 9.96. The maximum absolute atomic E-state index is 11.8. The Balaban J connectivity index is 1.94. The molecule has 1 N–H and O–H groups in total. The van der Waals surface area contributed by atoms with Crippen molar-refractivity contribution in [2.24, 2.45) is 5.92 Å². The first kappa shape index (κ1) is 16.5. The van der Waals surface area contributed by atoms with Crippen LogP contribution in [0, 0.1) is 5.92 Å². The third kappa shape index (κ3) is 3.44. The molecule has 7 nitrogen and oxygen atoms in total. The molecule has 3 heterocycles. The number of fused-ring (bicyclic) bond motifs is 1. The van der Waals surface area contributed by atoms with Crippen molar-refractivity contribution in [3.63, 3.8) is 0 Å². The van der Waals surface area contributed by atoms with Crippen LogP contribution < -0.4 is 4.90 Å². The van der Waals surface area contributed by atoms with E-state index >= 15 is 0 Å². The molecule has 1 aliphatic heterocycles. The van der Waals surface area contributed by atoms with Gasteiger partial charge in [-0.25, -0.2) is 9.78 Å². The van der Waals surface area contributed by atoms with Gasteiger partial charge in [0, 0.05) is 12.6 Å². The van der Waals surface area contributed by atoms with E-state index in [0.717, 1.165) is 25.9 Å². The van der Waals surface area contributed by atoms with Crippen molar-refractivity contribution in [1.82, 2.24) is 19.5 Å². The van der Waals surface area contributed by atoms with Crippen molar-refractivity contribution in [2.75, 3.05) is 31.6 Å². The number of hydrogen-bond acceptors (Lipinski definition) is 4. The molecule has 1 saturated heterocycles. The van der Waals surface area contributed by atoms with Gasteiger partial charge in [-0.2, -0.15) is 9.61 Å². The van der Waals surface area contributed by atoms with Gasteiger partial charge in [-0.05, 0) is 54.8 Å². The van der Waals surface area contributed by atoms with E-state index in [2.05, 4.69) is 38.0 Å². The van der Waals surface area contributed by atoms with E-state index in [9.17, 15) is 9.90 Å². The maximum atomic E-state index is 11.8. The molecule has 0 aromatic carbocycles. The number of halogens is 2. The molecule has 3 rings (SSSR count). The van der Waals surface area contributed by atoms with Crippen LogP contribution in [-0.2, 0) is 0 Å². The Hall–Kier alpha value is -1.38. The third-order valence-electron chi connectivity index (χ3n) is 4.17. The molecule has 0 saturated carbocycles. The lowest BCUT2D eigenvalue weighted by molar-refractivity contribution is 0.192. The molecule has 0 spiro atoms. The van der Waals surface area contributed by atoms with Crippen LogP contribution in [-0.4, -0.2) is 57.4 Å². The fourth-order valence-electron chi connectivity index (χ4n) is 2.86. The molecule has 0 bridgehead atoms. The molecule has 0 radical (unpaired) electrons. The molecular weight excluding hydrogens is 386 g/mol. The summed E-state index contributed by atoms with van der Waals surface area (Å²) in [5.74, 6) is 0.737. The van der Waals surface area contributed by atoms with Gasteiger partial charge in [0.05, 0.1) is 10.7 Å². The first-order valence-electron chi connectivity index (χ1n) is 7.34. The number of amides is 1. The molecule has 1 amide bonds. The predicted molar refractivity (Wildman–Crippen MR) is 91.3 cm³/mol. The number of piperidine rings is 1. The van der Waals surface area contributed by atoms with E-state index in [4.69, 9.17) is 11.6 Å². The summed E-state index contributed by atoms with van der Waals surface area (Å²) in [6.07, 6.45) is 2.52. The van der Waals surface area contributed by atoms with E-state index in [-0.39, 0.29) is 5.15 Å². The van der Waals surface area contributed by atoms with Gasteiger partial charge in [0.1, 0.15) is 11.0 Å². The lowest BCUT2D eigenvalue weighted by Crippen LogP contribution is -2.40. The van der Waals surface area contributed by atoms with Crippen molar-refractivity contribution in [1.29, 1.82) is 0 Å². The van der Waals surface area contributed by atoms with Crippen molar-refractivity contribution in [3.8, 4) is 0 Å². The molecule has 0 aliphatic carbocycles. The van der Waals surface area contributed by atoms with E-state index in [1.165, 1.54) is 15.5 Å². The van der Waals surface area contributed by atoms with Gasteiger partial charge in [-0.1, -0.05) is 11.6 Å². The summed E-state index contributed by atoms with van der Waals surface area (Å²) in [5.41, 5.74) is 0.502. The molecular formula is C14H17BrClN5O2. The smallest absolute Gasteiger partial charge is 0.413 e. The molecule has 23 heavy (non-hydrogen) atoms. The van der Waals surface area contributed by atoms with Crippen molar-refractivity contribution >= 4 is 45.1 Å². The number of hydrogen-bond donors (Lipinski definition) is 1. The van der Waals surface area contributed by atoms with Crippen LogP contribution >= 0.6 is 27.5 Å². The highest BCUT2D eigenvalue weighted by molar-refractivity contribution is 9.10. The molecule has 124 valence electrons. The molecule has 2 aromatic rings. The van der Waals surface area contributed by atoms with Gasteiger partial charge in [0.2, 0.25) is 0 Å². The zero-order valence-electron chi connectivity index (χ0n) is 12.6. The fraction of sp³-hybridized carbons (Fsp3) is 0.500. The molecule has 0 atom stereocenters. The van der Waals surface area contributed by atoms with Gasteiger partial charge >= 0.3 is 6.09 Å². The maximum Gasteiger partial charge on any atom is 0.413 e. The molecule has 1 fully saturated rings. The first-order valence-corrected chi connectivity index (χ1v) is 8.51. The largest absolute Gasteiger partial charge is 0.465 e. The lowest BCUT2D eigenvalue weighted by Gasteiger charge is -2.32. The summed E-state index contributed by atoms with van der Waals surface area (Å²) < 4.78 is 2.17. The second-order valence-electron chi connectivity index (χ2n) is 5.80. The summed E-state index contributed by atoms with van der Waals surface area (Å²) in [6.45, 7) is 2.39. The van der Waals surface area contributed by atoms with Crippen LogP contribution in [0.25, 0.3) is 5.65 Å². The van der Waals surface area contributed by atoms with Gasteiger partial charge in [-0.3, -0.25) is 4.90 Å². The number of aromatic nitrogens is 3. The van der Waals surface area contributed by atoms with Crippen LogP contribution in [0.15, 0.2) is 16.7 Å². The van der Waals surface area contributed by atoms with Gasteiger partial charge in [0.15, 0.2) is 5.65 Å². The average molecular weight is 403 g/mol. The normalized spacial score (nSPS) is 16.8. The Morgan fingerprint density at radius 3 is 2.87 bits per heavy atom.